The number of allylic oxidation sites excluding steroid dienone is 3. The van der Waals surface area contributed by atoms with Gasteiger partial charge in [0, 0.05) is 42.7 Å². The molecule has 106 heavy (non-hydrogen) atoms. The number of hydrogen-bond acceptors (Lipinski definition) is 11. The molecule has 9 N–H and O–H groups in total. The third-order valence-electron chi connectivity index (χ3n) is 18.3. The van der Waals surface area contributed by atoms with Crippen LogP contribution in [0.2, 0.25) is 30.1 Å². The number of halogens is 15. The van der Waals surface area contributed by atoms with Gasteiger partial charge in [0.05, 0.1) is 58.9 Å². The number of amides is 2. The second kappa shape index (κ2) is 32.3. The third-order valence-corrected chi connectivity index (χ3v) is 20.6. The lowest BCUT2D eigenvalue weighted by Crippen LogP contribution is -2.36. The van der Waals surface area contributed by atoms with Crippen molar-refractivity contribution in [2.45, 2.75) is 121 Å². The standard InChI is InChI=1S/2C24H19Cl2F3N4O.C15H10Cl2F3N3O2.C9H11N.CH4.BHO/c2*1-12-21(23(34)31-18-9-7-13-4-2-3-5-15(13)18)22(14-6-8-16(25)17(26)10-14)33-20(30-12)11-19(32-33)24(27,28)29;1-6-12(14(24)25)13(7-2-3-8(16)9(17)4-7)23-11(21-6)5-10(22-23)15(18,19)20;10-9-6-5-7-3-1-2-4-8(7)9;;1-2/h2*2-6,8,10-11,18,22,30H,7,9H2,1H3,(H,31,34);2-5,13,21H,1H3,(H,24,25);1-4,9H,5-6,10H2;1H4;2H/t2*18-,22?;;9-;;/m11.1../s1/i;;;;1T;. The summed E-state index contributed by atoms with van der Waals surface area (Å²) in [5.41, 5.74) is 12.6. The van der Waals surface area contributed by atoms with Crippen LogP contribution < -0.4 is 32.3 Å². The molecule has 6 heterocycles. The number of carbonyl (C=O) groups is 3. The summed E-state index contributed by atoms with van der Waals surface area (Å²) in [6.07, 6.45) is -8.49. The average Bonchev–Trinajstić information content (AvgIpc) is 1.67. The van der Waals surface area contributed by atoms with E-state index >= 15 is 0 Å². The van der Waals surface area contributed by atoms with Crippen LogP contribution in [-0.2, 0) is 52.2 Å². The molecule has 0 saturated carbocycles. The van der Waals surface area contributed by atoms with Gasteiger partial charge in [-0.15, -0.1) is 0 Å². The van der Waals surface area contributed by atoms with Crippen LogP contribution in [0, 0.1) is 0 Å². The number of aromatic nitrogens is 6. The van der Waals surface area contributed by atoms with Crippen LogP contribution in [0.5, 0.6) is 0 Å². The van der Waals surface area contributed by atoms with Crippen molar-refractivity contribution in [3.63, 3.8) is 0 Å². The predicted octanol–water partition coefficient (Wildman–Crippen LogP) is 18.5. The molecule has 3 aliphatic heterocycles. The van der Waals surface area contributed by atoms with Gasteiger partial charge in [-0.3, -0.25) is 9.59 Å². The maximum absolute atomic E-state index is 13.6. The zero-order valence-electron chi connectivity index (χ0n) is 57.2. The second-order valence-corrected chi connectivity index (χ2v) is 27.4. The van der Waals surface area contributed by atoms with Crippen LogP contribution in [0.25, 0.3) is 0 Å². The summed E-state index contributed by atoms with van der Waals surface area (Å²) in [5.74, 6) is -1.77. The molecule has 554 valence electrons. The SMILES string of the molecule is CC1=C(C(=O)N[C@@H]2CCc3ccccc32)C(c2ccc(Cl)c(Cl)c2)n2nc(C(F)(F)F)cc2N1.CC1=C(C(=O)N[C@@H]2CCc3ccccc32)C(c2ccc(Cl)c(Cl)c2)n2nc(C(F)(F)F)cc2N1.CC1=C(C(=O)O)C(c2ccc(Cl)c(Cl)c2)n2nc(C(F)(F)F)cc2N1.N[C@@H]1CCc2ccccc21.[3H]C.[B]O. The molecule has 0 saturated heterocycles. The monoisotopic (exact) mass is 1580 g/mol. The van der Waals surface area contributed by atoms with Crippen LogP contribution in [0.4, 0.5) is 57.0 Å². The largest absolute Gasteiger partial charge is 0.478 e. The van der Waals surface area contributed by atoms with Crippen molar-refractivity contribution in [2.75, 3.05) is 16.0 Å². The average molecular weight is 1590 g/mol. The van der Waals surface area contributed by atoms with E-state index in [9.17, 15) is 59.0 Å². The normalized spacial score (nSPS) is 18.8. The first kappa shape index (κ1) is 78.2. The highest BCUT2D eigenvalue weighted by atomic mass is 35.5. The summed E-state index contributed by atoms with van der Waals surface area (Å²) in [5, 5.41) is 43.3. The van der Waals surface area contributed by atoms with Crippen LogP contribution in [-0.4, -0.2) is 65.3 Å². The first-order valence-electron chi connectivity index (χ1n) is 33.1. The number of carbonyl (C=O) groups excluding carboxylic acids is 2. The summed E-state index contributed by atoms with van der Waals surface area (Å²) in [6, 6.07) is 37.7. The second-order valence-electron chi connectivity index (χ2n) is 25.0. The number of benzene rings is 6. The molecular formula is C73H64BCl6F9N12O5. The van der Waals surface area contributed by atoms with E-state index < -0.39 is 71.5 Å². The van der Waals surface area contributed by atoms with Crippen LogP contribution >= 0.6 is 69.6 Å². The Morgan fingerprint density at radius 1 is 0.472 bits per heavy atom. The van der Waals surface area contributed by atoms with Gasteiger partial charge >= 0.3 is 24.5 Å². The number of anilines is 3. The van der Waals surface area contributed by atoms with Gasteiger partial charge in [0.15, 0.2) is 17.1 Å². The molecule has 0 bridgehead atoms. The van der Waals surface area contributed by atoms with Crippen LogP contribution in [0.3, 0.4) is 0 Å². The zero-order chi connectivity index (χ0) is 77.9. The van der Waals surface area contributed by atoms with Crippen molar-refractivity contribution in [1.82, 2.24) is 40.0 Å². The van der Waals surface area contributed by atoms with Crippen molar-refractivity contribution < 1.29 is 65.4 Å². The number of alkyl halides is 9. The Bertz CT molecular complexity index is 4770. The number of carboxylic acids is 1. The first-order valence-corrected chi connectivity index (χ1v) is 34.4. The number of aryl methyl sites for hydroxylation is 3. The van der Waals surface area contributed by atoms with E-state index in [0.29, 0.717) is 44.2 Å². The molecule has 0 fully saturated rings. The zero-order valence-corrected chi connectivity index (χ0v) is 60.7. The van der Waals surface area contributed by atoms with Gasteiger partial charge in [0.2, 0.25) is 0 Å². The van der Waals surface area contributed by atoms with Gasteiger partial charge in [0.25, 0.3) is 19.9 Å². The number of nitrogens with one attached hydrogen (secondary N) is 5. The van der Waals surface area contributed by atoms with Gasteiger partial charge in [-0.2, -0.15) is 54.8 Å². The van der Waals surface area contributed by atoms with Gasteiger partial charge in [-0.25, -0.2) is 18.8 Å². The Balaban J connectivity index is 0.000000158. The Morgan fingerprint density at radius 2 is 0.764 bits per heavy atom. The number of carboxylic acid groups (broad SMARTS) is 1. The van der Waals surface area contributed by atoms with Gasteiger partial charge in [-0.05, 0) is 146 Å². The van der Waals surface area contributed by atoms with Gasteiger partial charge in [-0.1, -0.05) is 168 Å². The third kappa shape index (κ3) is 16.8. The Hall–Kier alpha value is -8.93. The van der Waals surface area contributed by atoms with Crippen molar-refractivity contribution in [3.05, 3.63) is 277 Å². The predicted molar refractivity (Wildman–Crippen MR) is 390 cm³/mol. The van der Waals surface area contributed by atoms with E-state index in [-0.39, 0.29) is 72.0 Å². The van der Waals surface area contributed by atoms with E-state index in [4.69, 9.17) is 81.7 Å². The summed E-state index contributed by atoms with van der Waals surface area (Å²) < 4.78 is 129. The molecule has 3 aliphatic carbocycles. The quantitative estimate of drug-likeness (QED) is 0.0525. The Morgan fingerprint density at radius 3 is 1.08 bits per heavy atom. The van der Waals surface area contributed by atoms with E-state index in [1.165, 1.54) is 64.1 Å². The highest BCUT2D eigenvalue weighted by Gasteiger charge is 2.44. The van der Waals surface area contributed by atoms with E-state index in [1.807, 2.05) is 48.5 Å². The van der Waals surface area contributed by atoms with Crippen LogP contribution in [0.1, 0.15) is 152 Å². The van der Waals surface area contributed by atoms with Crippen molar-refractivity contribution >= 4 is 113 Å². The molecule has 6 aliphatic rings. The fourth-order valence-corrected chi connectivity index (χ4v) is 14.5. The molecule has 3 aromatic heterocycles. The summed E-state index contributed by atoms with van der Waals surface area (Å²) >= 11 is 36.4. The minimum Gasteiger partial charge on any atom is -0.478 e. The lowest BCUT2D eigenvalue weighted by Gasteiger charge is -2.30. The molecule has 6 aromatic carbocycles. The van der Waals surface area contributed by atoms with Crippen molar-refractivity contribution in [1.29, 1.82) is 0 Å². The minimum atomic E-state index is -4.66. The lowest BCUT2D eigenvalue weighted by molar-refractivity contribution is -0.142. The van der Waals surface area contributed by atoms with Crippen molar-refractivity contribution in [2.24, 2.45) is 5.73 Å². The number of rotatable bonds is 8. The van der Waals surface area contributed by atoms with E-state index in [1.54, 1.807) is 50.2 Å². The van der Waals surface area contributed by atoms with Crippen molar-refractivity contribution in [3.8, 4) is 0 Å². The number of fused-ring (bicyclic) bond motifs is 6. The van der Waals surface area contributed by atoms with Gasteiger partial charge < -0.3 is 42.4 Å². The van der Waals surface area contributed by atoms with E-state index in [2.05, 4.69) is 74.2 Å². The highest BCUT2D eigenvalue weighted by Crippen LogP contribution is 2.46. The molecule has 15 rings (SSSR count). The molecule has 3 unspecified atom stereocenters. The minimum absolute atomic E-state index is 0.0332. The summed E-state index contributed by atoms with van der Waals surface area (Å²) in [4.78, 5) is 38.9. The number of nitrogens with zero attached hydrogens (tertiary/aromatic N) is 6. The maximum Gasteiger partial charge on any atom is 0.435 e. The highest BCUT2D eigenvalue weighted by molar-refractivity contribution is 6.43. The fourth-order valence-electron chi connectivity index (χ4n) is 13.5. The number of nitrogens with two attached hydrogens (primary N) is 1. The molecule has 6 atom stereocenters. The van der Waals surface area contributed by atoms with E-state index in [0.717, 1.165) is 72.5 Å². The maximum atomic E-state index is 13.6. The molecule has 17 nitrogen and oxygen atoms in total. The molecule has 2 radical (unpaired) electrons. The Labute approximate surface area is 634 Å². The van der Waals surface area contributed by atoms with Gasteiger partial charge in [0.1, 0.15) is 35.6 Å². The molecule has 2 amide bonds. The summed E-state index contributed by atoms with van der Waals surface area (Å²) in [6.45, 7) is 4.79. The number of aliphatic carboxylic acids is 1. The lowest BCUT2D eigenvalue weighted by atomic mass is 9.94. The molecule has 0 spiro atoms. The Kier molecular flexibility index (Phi) is 23.8. The number of hydrogen-bond donors (Lipinski definition) is 8. The molecule has 9 aromatic rings. The van der Waals surface area contributed by atoms with Crippen LogP contribution in [0.15, 0.2) is 179 Å². The fraction of sp³-hybridized carbons (Fsp3) is 0.260. The smallest absolute Gasteiger partial charge is 0.435 e. The summed E-state index contributed by atoms with van der Waals surface area (Å²) in [7, 11) is 4.75. The molecular weight excluding hydrogens is 1520 g/mol. The molecule has 33 heteroatoms. The first-order chi connectivity index (χ1) is 50.7. The topological polar surface area (TPSA) is 231 Å².